The summed E-state index contributed by atoms with van der Waals surface area (Å²) in [5, 5.41) is 6.97. The smallest absolute Gasteiger partial charge is 0.319 e. The van der Waals surface area contributed by atoms with Crippen LogP contribution in [0.3, 0.4) is 0 Å². The first kappa shape index (κ1) is 19.4. The first-order valence-electron chi connectivity index (χ1n) is 8.32. The third-order valence-electron chi connectivity index (χ3n) is 4.52. The van der Waals surface area contributed by atoms with Gasteiger partial charge in [-0.15, -0.1) is 0 Å². The molecule has 0 bridgehead atoms. The van der Waals surface area contributed by atoms with Gasteiger partial charge < -0.3 is 4.74 Å². The van der Waals surface area contributed by atoms with Crippen molar-refractivity contribution in [1.29, 1.82) is 0 Å². The molecule has 0 aliphatic carbocycles. The van der Waals surface area contributed by atoms with Gasteiger partial charge in [0, 0.05) is 10.0 Å². The average molecular weight is 405 g/mol. The summed E-state index contributed by atoms with van der Waals surface area (Å²) in [6, 6.07) is 14.0. The van der Waals surface area contributed by atoms with Gasteiger partial charge in [0.1, 0.15) is 5.41 Å². The number of amides is 1. The molecule has 0 saturated heterocycles. The number of halogens is 2. The van der Waals surface area contributed by atoms with E-state index in [9.17, 15) is 9.59 Å². The van der Waals surface area contributed by atoms with Crippen molar-refractivity contribution in [3.8, 4) is 0 Å². The van der Waals surface area contributed by atoms with Gasteiger partial charge in [-0.25, -0.2) is 5.01 Å². The van der Waals surface area contributed by atoms with E-state index in [0.717, 1.165) is 5.56 Å². The molecule has 0 fully saturated rings. The van der Waals surface area contributed by atoms with E-state index in [1.54, 1.807) is 55.5 Å². The maximum absolute atomic E-state index is 12.7. The van der Waals surface area contributed by atoms with Crippen LogP contribution in [0.1, 0.15) is 18.1 Å². The molecule has 1 amide bonds. The van der Waals surface area contributed by atoms with Crippen LogP contribution in [0.25, 0.3) is 0 Å². The third kappa shape index (κ3) is 3.99. The van der Waals surface area contributed by atoms with Crippen molar-refractivity contribution in [1.82, 2.24) is 5.01 Å². The van der Waals surface area contributed by atoms with E-state index < -0.39 is 11.4 Å². The molecule has 7 heteroatoms. The Hall–Kier alpha value is -2.37. The summed E-state index contributed by atoms with van der Waals surface area (Å²) in [6.07, 6.45) is 0.159. The number of hydrogen-bond donors (Lipinski definition) is 0. The van der Waals surface area contributed by atoms with Crippen LogP contribution >= 0.6 is 23.2 Å². The summed E-state index contributed by atoms with van der Waals surface area (Å²) in [4.78, 5) is 25.2. The van der Waals surface area contributed by atoms with E-state index in [1.165, 1.54) is 12.1 Å². The number of methoxy groups -OCH3 is 1. The lowest BCUT2D eigenvalue weighted by atomic mass is 9.82. The molecule has 1 aliphatic rings. The van der Waals surface area contributed by atoms with E-state index in [-0.39, 0.29) is 18.9 Å². The van der Waals surface area contributed by atoms with Gasteiger partial charge in [-0.1, -0.05) is 47.5 Å². The molecule has 2 aromatic carbocycles. The molecule has 0 radical (unpaired) electrons. The number of carbonyl (C=O) groups excluding carboxylic acids is 2. The number of carbonyl (C=O) groups is 2. The van der Waals surface area contributed by atoms with Crippen LogP contribution in [0.5, 0.6) is 0 Å². The number of hydrogen-bond acceptors (Lipinski definition) is 4. The Bertz CT molecular complexity index is 894. The summed E-state index contributed by atoms with van der Waals surface area (Å²) in [5.41, 5.74) is 0.960. The van der Waals surface area contributed by atoms with Crippen molar-refractivity contribution in [2.45, 2.75) is 13.3 Å². The van der Waals surface area contributed by atoms with E-state index in [1.807, 2.05) is 0 Å². The Labute approximate surface area is 167 Å². The number of hydrazone groups is 1. The SMILES string of the molecule is COC(=O)[C@]1(C)CN(C(=O)Cc2ccc(Cl)cc2)N=C1c1ccc(Cl)cc1. The van der Waals surface area contributed by atoms with E-state index in [0.29, 0.717) is 21.3 Å². The molecular formula is C20H18Cl2N2O3. The minimum atomic E-state index is -1.06. The Kier molecular flexibility index (Phi) is 5.53. The van der Waals surface area contributed by atoms with Crippen LogP contribution in [0.2, 0.25) is 10.0 Å². The van der Waals surface area contributed by atoms with Crippen molar-refractivity contribution < 1.29 is 14.3 Å². The number of rotatable bonds is 4. The molecule has 0 unspecified atom stereocenters. The molecule has 0 aromatic heterocycles. The van der Waals surface area contributed by atoms with Crippen LogP contribution in [-0.2, 0) is 20.7 Å². The monoisotopic (exact) mass is 404 g/mol. The third-order valence-corrected chi connectivity index (χ3v) is 5.02. The highest BCUT2D eigenvalue weighted by atomic mass is 35.5. The van der Waals surface area contributed by atoms with Gasteiger partial charge >= 0.3 is 5.97 Å². The van der Waals surface area contributed by atoms with Crippen LogP contribution in [0.15, 0.2) is 53.6 Å². The van der Waals surface area contributed by atoms with Crippen LogP contribution in [-0.4, -0.2) is 36.3 Å². The van der Waals surface area contributed by atoms with Gasteiger partial charge in [0.25, 0.3) is 0 Å². The zero-order chi connectivity index (χ0) is 19.6. The molecule has 1 heterocycles. The molecule has 1 atom stereocenters. The molecule has 2 aromatic rings. The Morgan fingerprint density at radius 3 is 2.19 bits per heavy atom. The summed E-state index contributed by atoms with van der Waals surface area (Å²) >= 11 is 11.8. The van der Waals surface area contributed by atoms with E-state index in [4.69, 9.17) is 27.9 Å². The molecular weight excluding hydrogens is 387 g/mol. The highest BCUT2D eigenvalue weighted by Gasteiger charge is 2.48. The fourth-order valence-electron chi connectivity index (χ4n) is 3.02. The van der Waals surface area contributed by atoms with Crippen LogP contribution in [0, 0.1) is 5.41 Å². The molecule has 27 heavy (non-hydrogen) atoms. The number of ether oxygens (including phenoxy) is 1. The zero-order valence-corrected chi connectivity index (χ0v) is 16.4. The molecule has 140 valence electrons. The largest absolute Gasteiger partial charge is 0.468 e. The van der Waals surface area contributed by atoms with E-state index >= 15 is 0 Å². The topological polar surface area (TPSA) is 59.0 Å². The second-order valence-electron chi connectivity index (χ2n) is 6.53. The fraction of sp³-hybridized carbons (Fsp3) is 0.250. The van der Waals surface area contributed by atoms with Crippen molar-refractivity contribution in [3.05, 3.63) is 69.7 Å². The minimum absolute atomic E-state index is 0.115. The summed E-state index contributed by atoms with van der Waals surface area (Å²) < 4.78 is 4.97. The van der Waals surface area contributed by atoms with Crippen LogP contribution in [0.4, 0.5) is 0 Å². The lowest BCUT2D eigenvalue weighted by molar-refractivity contribution is -0.148. The zero-order valence-electron chi connectivity index (χ0n) is 14.9. The minimum Gasteiger partial charge on any atom is -0.468 e. The Morgan fingerprint density at radius 1 is 1.07 bits per heavy atom. The van der Waals surface area contributed by atoms with Crippen molar-refractivity contribution in [3.63, 3.8) is 0 Å². The molecule has 0 spiro atoms. The molecule has 1 aliphatic heterocycles. The van der Waals surface area contributed by atoms with Gasteiger partial charge in [0.15, 0.2) is 0 Å². The summed E-state index contributed by atoms with van der Waals surface area (Å²) in [6.45, 7) is 1.84. The number of benzene rings is 2. The quantitative estimate of drug-likeness (QED) is 0.724. The normalized spacial score (nSPS) is 19.0. The Balaban J connectivity index is 1.90. The highest BCUT2D eigenvalue weighted by molar-refractivity contribution is 6.31. The second-order valence-corrected chi connectivity index (χ2v) is 7.41. The van der Waals surface area contributed by atoms with Gasteiger partial charge in [0.05, 0.1) is 25.8 Å². The predicted molar refractivity (Wildman–Crippen MR) is 105 cm³/mol. The molecule has 0 N–H and O–H groups in total. The maximum Gasteiger partial charge on any atom is 0.319 e. The lowest BCUT2D eigenvalue weighted by Gasteiger charge is -2.23. The molecule has 3 rings (SSSR count). The fourth-order valence-corrected chi connectivity index (χ4v) is 3.28. The van der Waals surface area contributed by atoms with Gasteiger partial charge in [0.2, 0.25) is 5.91 Å². The maximum atomic E-state index is 12.7. The first-order valence-corrected chi connectivity index (χ1v) is 9.07. The standard InChI is InChI=1S/C20H18Cl2N2O3/c1-20(19(26)27-2)12-24(17(25)11-13-3-7-15(21)8-4-13)23-18(20)14-5-9-16(22)10-6-14/h3-10H,11-12H2,1-2H3/t20-/m1/s1. The number of nitrogens with zero attached hydrogens (tertiary/aromatic N) is 2. The first-order chi connectivity index (χ1) is 12.8. The lowest BCUT2D eigenvalue weighted by Crippen LogP contribution is -2.41. The predicted octanol–water partition coefficient (Wildman–Crippen LogP) is 3.96. The highest BCUT2D eigenvalue weighted by Crippen LogP contribution is 2.33. The van der Waals surface area contributed by atoms with Crippen LogP contribution < -0.4 is 0 Å². The van der Waals surface area contributed by atoms with Crippen molar-refractivity contribution in [2.24, 2.45) is 10.5 Å². The summed E-state index contributed by atoms with van der Waals surface area (Å²) in [5.74, 6) is -0.658. The molecule has 5 nitrogen and oxygen atoms in total. The second kappa shape index (κ2) is 7.71. The van der Waals surface area contributed by atoms with Crippen molar-refractivity contribution >= 4 is 40.8 Å². The average Bonchev–Trinajstić information content (AvgIpc) is 3.02. The Morgan fingerprint density at radius 2 is 1.63 bits per heavy atom. The molecule has 0 saturated carbocycles. The summed E-state index contributed by atoms with van der Waals surface area (Å²) in [7, 11) is 1.32. The van der Waals surface area contributed by atoms with Gasteiger partial charge in [-0.3, -0.25) is 9.59 Å². The van der Waals surface area contributed by atoms with Gasteiger partial charge in [-0.2, -0.15) is 5.10 Å². The number of esters is 1. The van der Waals surface area contributed by atoms with Gasteiger partial charge in [-0.05, 0) is 42.3 Å². The van der Waals surface area contributed by atoms with Crippen molar-refractivity contribution in [2.75, 3.05) is 13.7 Å². The van der Waals surface area contributed by atoms with E-state index in [2.05, 4.69) is 5.10 Å².